The van der Waals surface area contributed by atoms with E-state index in [0.29, 0.717) is 0 Å². The van der Waals surface area contributed by atoms with Crippen LogP contribution in [0.4, 0.5) is 5.13 Å². The highest BCUT2D eigenvalue weighted by atomic mass is 79.9. The van der Waals surface area contributed by atoms with Gasteiger partial charge in [-0.1, -0.05) is 15.9 Å². The van der Waals surface area contributed by atoms with Crippen molar-refractivity contribution in [2.75, 3.05) is 16.8 Å². The smallest absolute Gasteiger partial charge is 0.185 e. The van der Waals surface area contributed by atoms with Crippen molar-refractivity contribution in [3.8, 4) is 0 Å². The van der Waals surface area contributed by atoms with Crippen molar-refractivity contribution in [3.05, 3.63) is 11.6 Å². The standard InChI is InChI=1S/C8H11BrN2S/c9-3-5-11(7-1-2-7)8-10-4-6-12-8/h4,6-7H,1-3,5H2. The third-order valence-corrected chi connectivity index (χ3v) is 3.14. The second-order valence-corrected chi connectivity index (χ2v) is 4.59. The number of thiazole rings is 1. The molecule has 0 radical (unpaired) electrons. The van der Waals surface area contributed by atoms with Gasteiger partial charge in [-0.3, -0.25) is 0 Å². The van der Waals surface area contributed by atoms with Crippen LogP contribution in [0.15, 0.2) is 11.6 Å². The lowest BCUT2D eigenvalue weighted by Crippen LogP contribution is -2.27. The molecule has 1 aliphatic rings. The monoisotopic (exact) mass is 246 g/mol. The largest absolute Gasteiger partial charge is 0.344 e. The van der Waals surface area contributed by atoms with E-state index in [0.717, 1.165) is 17.9 Å². The first-order valence-electron chi connectivity index (χ1n) is 4.14. The summed E-state index contributed by atoms with van der Waals surface area (Å²) in [5.74, 6) is 0. The fourth-order valence-electron chi connectivity index (χ4n) is 1.27. The lowest BCUT2D eigenvalue weighted by Gasteiger charge is -2.19. The van der Waals surface area contributed by atoms with Crippen molar-refractivity contribution in [1.82, 2.24) is 4.98 Å². The number of hydrogen-bond donors (Lipinski definition) is 0. The minimum Gasteiger partial charge on any atom is -0.344 e. The Morgan fingerprint density at radius 3 is 3.00 bits per heavy atom. The van der Waals surface area contributed by atoms with Gasteiger partial charge in [0.25, 0.3) is 0 Å². The third kappa shape index (κ3) is 1.80. The lowest BCUT2D eigenvalue weighted by molar-refractivity contribution is 0.829. The highest BCUT2D eigenvalue weighted by molar-refractivity contribution is 9.09. The summed E-state index contributed by atoms with van der Waals surface area (Å²) in [6.45, 7) is 1.08. The average Bonchev–Trinajstić information content (AvgIpc) is 2.77. The van der Waals surface area contributed by atoms with Gasteiger partial charge in [0.1, 0.15) is 0 Å². The summed E-state index contributed by atoms with van der Waals surface area (Å²) < 4.78 is 0. The first kappa shape index (κ1) is 8.51. The van der Waals surface area contributed by atoms with Gasteiger partial charge in [0.2, 0.25) is 0 Å². The molecule has 2 nitrogen and oxygen atoms in total. The van der Waals surface area contributed by atoms with E-state index in [-0.39, 0.29) is 0 Å². The summed E-state index contributed by atoms with van der Waals surface area (Å²) in [4.78, 5) is 6.72. The van der Waals surface area contributed by atoms with Crippen molar-refractivity contribution in [3.63, 3.8) is 0 Å². The SMILES string of the molecule is BrCCN(c1nccs1)C1CC1. The maximum atomic E-state index is 4.32. The normalized spacial score (nSPS) is 16.4. The first-order valence-corrected chi connectivity index (χ1v) is 6.14. The van der Waals surface area contributed by atoms with Gasteiger partial charge in [0.05, 0.1) is 0 Å². The van der Waals surface area contributed by atoms with Crippen molar-refractivity contribution in [2.24, 2.45) is 0 Å². The Bertz CT molecular complexity index is 233. The van der Waals surface area contributed by atoms with Gasteiger partial charge in [-0.15, -0.1) is 11.3 Å². The maximum absolute atomic E-state index is 4.32. The van der Waals surface area contributed by atoms with Gasteiger partial charge in [-0.2, -0.15) is 0 Å². The molecule has 0 amide bonds. The summed E-state index contributed by atoms with van der Waals surface area (Å²) >= 11 is 5.20. The van der Waals surface area contributed by atoms with Crippen LogP contribution >= 0.6 is 27.3 Å². The number of alkyl halides is 1. The van der Waals surface area contributed by atoms with E-state index in [1.165, 1.54) is 18.0 Å². The van der Waals surface area contributed by atoms with Crippen molar-refractivity contribution >= 4 is 32.4 Å². The summed E-state index contributed by atoms with van der Waals surface area (Å²) in [6, 6.07) is 0.772. The zero-order valence-corrected chi connectivity index (χ0v) is 9.14. The Morgan fingerprint density at radius 2 is 2.50 bits per heavy atom. The first-order chi connectivity index (χ1) is 5.92. The molecule has 1 aliphatic carbocycles. The Labute approximate surface area is 84.7 Å². The van der Waals surface area contributed by atoms with E-state index in [4.69, 9.17) is 0 Å². The van der Waals surface area contributed by atoms with Crippen LogP contribution in [0.3, 0.4) is 0 Å². The molecule has 66 valence electrons. The molecule has 0 aromatic carbocycles. The van der Waals surface area contributed by atoms with Crippen molar-refractivity contribution < 1.29 is 0 Å². The van der Waals surface area contributed by atoms with Crippen molar-refractivity contribution in [2.45, 2.75) is 18.9 Å². The maximum Gasteiger partial charge on any atom is 0.185 e. The summed E-state index contributed by atoms with van der Waals surface area (Å²) in [6.07, 6.45) is 4.56. The number of anilines is 1. The van der Waals surface area contributed by atoms with Crippen LogP contribution in [0.25, 0.3) is 0 Å². The minimum atomic E-state index is 0.772. The molecule has 4 heteroatoms. The summed E-state index contributed by atoms with van der Waals surface area (Å²) in [7, 11) is 0. The van der Waals surface area contributed by atoms with Crippen molar-refractivity contribution in [1.29, 1.82) is 0 Å². The molecule has 1 aromatic rings. The third-order valence-electron chi connectivity index (χ3n) is 1.98. The zero-order chi connectivity index (χ0) is 8.39. The van der Waals surface area contributed by atoms with Crippen LogP contribution in [0, 0.1) is 0 Å². The minimum absolute atomic E-state index is 0.772. The number of hydrogen-bond acceptors (Lipinski definition) is 3. The summed E-state index contributed by atoms with van der Waals surface area (Å²) in [5.41, 5.74) is 0. The zero-order valence-electron chi connectivity index (χ0n) is 6.74. The van der Waals surface area contributed by atoms with Gasteiger partial charge in [-0.05, 0) is 12.8 Å². The fourth-order valence-corrected chi connectivity index (χ4v) is 2.39. The molecule has 0 aliphatic heterocycles. The molecule has 0 saturated heterocycles. The number of halogens is 1. The Kier molecular flexibility index (Phi) is 2.66. The molecule has 0 N–H and O–H groups in total. The van der Waals surface area contributed by atoms with Crippen LogP contribution in [-0.4, -0.2) is 22.9 Å². The van der Waals surface area contributed by atoms with Gasteiger partial charge < -0.3 is 4.90 Å². The van der Waals surface area contributed by atoms with Crippen LogP contribution < -0.4 is 4.90 Å². The van der Waals surface area contributed by atoms with E-state index in [1.54, 1.807) is 11.3 Å². The van der Waals surface area contributed by atoms with Crippen LogP contribution in [0.2, 0.25) is 0 Å². The van der Waals surface area contributed by atoms with Gasteiger partial charge >= 0.3 is 0 Å². The average molecular weight is 247 g/mol. The van der Waals surface area contributed by atoms with E-state index >= 15 is 0 Å². The van der Waals surface area contributed by atoms with Crippen LogP contribution in [-0.2, 0) is 0 Å². The van der Waals surface area contributed by atoms with Crippen LogP contribution in [0.1, 0.15) is 12.8 Å². The second-order valence-electron chi connectivity index (χ2n) is 2.93. The predicted octanol–water partition coefficient (Wildman–Crippen LogP) is 2.51. The number of nitrogens with zero attached hydrogens (tertiary/aromatic N) is 2. The van der Waals surface area contributed by atoms with E-state index < -0.39 is 0 Å². The van der Waals surface area contributed by atoms with Gasteiger partial charge in [0.15, 0.2) is 5.13 Å². The number of aromatic nitrogens is 1. The van der Waals surface area contributed by atoms with E-state index in [9.17, 15) is 0 Å². The number of rotatable bonds is 4. The van der Waals surface area contributed by atoms with Gasteiger partial charge in [0, 0.05) is 29.5 Å². The molecule has 0 bridgehead atoms. The second kappa shape index (κ2) is 3.75. The molecule has 12 heavy (non-hydrogen) atoms. The molecule has 0 unspecified atom stereocenters. The predicted molar refractivity (Wildman–Crippen MR) is 56.3 cm³/mol. The molecule has 1 saturated carbocycles. The summed E-state index contributed by atoms with van der Waals surface area (Å²) in [5, 5.41) is 4.25. The Balaban J connectivity index is 2.05. The highest BCUT2D eigenvalue weighted by Crippen LogP contribution is 2.32. The van der Waals surface area contributed by atoms with E-state index in [1.807, 2.05) is 11.6 Å². The fraction of sp³-hybridized carbons (Fsp3) is 0.625. The molecular weight excluding hydrogens is 236 g/mol. The van der Waals surface area contributed by atoms with Gasteiger partial charge in [-0.25, -0.2) is 4.98 Å². The molecule has 2 rings (SSSR count). The molecule has 0 atom stereocenters. The molecule has 0 spiro atoms. The van der Waals surface area contributed by atoms with E-state index in [2.05, 4.69) is 25.8 Å². The Morgan fingerprint density at radius 1 is 1.67 bits per heavy atom. The molecule has 1 heterocycles. The molecule has 1 aromatic heterocycles. The molecular formula is C8H11BrN2S. The highest BCUT2D eigenvalue weighted by Gasteiger charge is 2.29. The quantitative estimate of drug-likeness (QED) is 0.760. The Hall–Kier alpha value is -0.0900. The molecule has 1 fully saturated rings. The topological polar surface area (TPSA) is 16.1 Å². The van der Waals surface area contributed by atoms with Crippen LogP contribution in [0.5, 0.6) is 0 Å². The lowest BCUT2D eigenvalue weighted by atomic mass is 10.5.